The van der Waals surface area contributed by atoms with Gasteiger partial charge in [0.15, 0.2) is 0 Å². The zero-order valence-electron chi connectivity index (χ0n) is 11.8. The molecular formula is C14H19BrN2O3. The maximum Gasteiger partial charge on any atom is 0.338 e. The third-order valence-corrected chi connectivity index (χ3v) is 3.35. The van der Waals surface area contributed by atoms with Gasteiger partial charge in [0, 0.05) is 16.9 Å². The summed E-state index contributed by atoms with van der Waals surface area (Å²) in [6.07, 6.45) is 0. The van der Waals surface area contributed by atoms with Gasteiger partial charge in [-0.05, 0) is 48.1 Å². The van der Waals surface area contributed by atoms with Crippen molar-refractivity contribution in [2.75, 3.05) is 25.5 Å². The number of ether oxygens (including phenoxy) is 1. The van der Waals surface area contributed by atoms with E-state index < -0.39 is 0 Å². The van der Waals surface area contributed by atoms with Gasteiger partial charge in [0.05, 0.1) is 17.9 Å². The van der Waals surface area contributed by atoms with Gasteiger partial charge in [-0.1, -0.05) is 6.92 Å². The molecule has 1 aromatic rings. The minimum absolute atomic E-state index is 0.0797. The van der Waals surface area contributed by atoms with Gasteiger partial charge in [-0.2, -0.15) is 0 Å². The van der Waals surface area contributed by atoms with Crippen molar-refractivity contribution >= 4 is 33.5 Å². The molecule has 1 unspecified atom stereocenters. The van der Waals surface area contributed by atoms with Gasteiger partial charge in [-0.15, -0.1) is 0 Å². The quantitative estimate of drug-likeness (QED) is 0.779. The van der Waals surface area contributed by atoms with Crippen LogP contribution in [0.25, 0.3) is 0 Å². The molecule has 0 radical (unpaired) electrons. The van der Waals surface area contributed by atoms with E-state index >= 15 is 0 Å². The predicted octanol–water partition coefficient (Wildman–Crippen LogP) is 2.42. The lowest BCUT2D eigenvalue weighted by atomic mass is 10.1. The molecule has 0 aliphatic rings. The van der Waals surface area contributed by atoms with Gasteiger partial charge < -0.3 is 15.4 Å². The van der Waals surface area contributed by atoms with Gasteiger partial charge in [-0.3, -0.25) is 4.79 Å². The van der Waals surface area contributed by atoms with Crippen molar-refractivity contribution in [2.24, 2.45) is 5.92 Å². The zero-order valence-corrected chi connectivity index (χ0v) is 13.4. The Morgan fingerprint density at radius 1 is 1.40 bits per heavy atom. The Labute approximate surface area is 127 Å². The molecular weight excluding hydrogens is 324 g/mol. The Morgan fingerprint density at radius 2 is 2.10 bits per heavy atom. The van der Waals surface area contributed by atoms with Crippen LogP contribution >= 0.6 is 15.9 Å². The van der Waals surface area contributed by atoms with Crippen LogP contribution in [0, 0.1) is 5.92 Å². The monoisotopic (exact) mass is 342 g/mol. The highest BCUT2D eigenvalue weighted by molar-refractivity contribution is 9.10. The minimum Gasteiger partial charge on any atom is -0.462 e. The second-order valence-corrected chi connectivity index (χ2v) is 5.22. The standard InChI is InChI=1S/C14H19BrN2O3/c1-4-20-14(19)10-5-6-12(11(15)7-10)17-13(18)9(2)8-16-3/h5-7,9,16H,4,8H2,1-3H3,(H,17,18). The zero-order chi connectivity index (χ0) is 15.1. The molecule has 0 spiro atoms. The average molecular weight is 343 g/mol. The van der Waals surface area contributed by atoms with E-state index in [1.165, 1.54) is 0 Å². The Kier molecular flexibility index (Phi) is 6.67. The number of rotatable bonds is 6. The summed E-state index contributed by atoms with van der Waals surface area (Å²) in [5, 5.41) is 5.77. The van der Waals surface area contributed by atoms with Crippen molar-refractivity contribution in [1.82, 2.24) is 5.32 Å². The molecule has 110 valence electrons. The number of hydrogen-bond acceptors (Lipinski definition) is 4. The van der Waals surface area contributed by atoms with Crippen molar-refractivity contribution < 1.29 is 14.3 Å². The van der Waals surface area contributed by atoms with Crippen LogP contribution in [0.1, 0.15) is 24.2 Å². The van der Waals surface area contributed by atoms with E-state index in [1.807, 2.05) is 6.92 Å². The molecule has 1 rings (SSSR count). The molecule has 2 N–H and O–H groups in total. The fourth-order valence-corrected chi connectivity index (χ4v) is 2.09. The summed E-state index contributed by atoms with van der Waals surface area (Å²) in [5.41, 5.74) is 1.07. The van der Waals surface area contributed by atoms with E-state index in [4.69, 9.17) is 4.74 Å². The molecule has 0 saturated carbocycles. The highest BCUT2D eigenvalue weighted by atomic mass is 79.9. The van der Waals surface area contributed by atoms with Crippen molar-refractivity contribution in [1.29, 1.82) is 0 Å². The van der Waals surface area contributed by atoms with Crippen molar-refractivity contribution in [3.05, 3.63) is 28.2 Å². The molecule has 0 fully saturated rings. The molecule has 0 aromatic heterocycles. The largest absolute Gasteiger partial charge is 0.462 e. The van der Waals surface area contributed by atoms with Crippen LogP contribution < -0.4 is 10.6 Å². The summed E-state index contributed by atoms with van der Waals surface area (Å²) in [4.78, 5) is 23.5. The van der Waals surface area contributed by atoms with Gasteiger partial charge >= 0.3 is 5.97 Å². The number of esters is 1. The first-order chi connectivity index (χ1) is 9.49. The summed E-state index contributed by atoms with van der Waals surface area (Å²) in [7, 11) is 1.80. The first kappa shape index (κ1) is 16.7. The van der Waals surface area contributed by atoms with Crippen LogP contribution in [0.5, 0.6) is 0 Å². The topological polar surface area (TPSA) is 67.4 Å². The third-order valence-electron chi connectivity index (χ3n) is 2.70. The van der Waals surface area contributed by atoms with E-state index in [2.05, 4.69) is 26.6 Å². The highest BCUT2D eigenvalue weighted by Gasteiger charge is 2.14. The molecule has 1 amide bonds. The van der Waals surface area contributed by atoms with Crippen LogP contribution in [-0.4, -0.2) is 32.1 Å². The molecule has 20 heavy (non-hydrogen) atoms. The Hall–Kier alpha value is -1.40. The normalized spacial score (nSPS) is 11.8. The smallest absolute Gasteiger partial charge is 0.338 e. The second-order valence-electron chi connectivity index (χ2n) is 4.36. The number of amides is 1. The van der Waals surface area contributed by atoms with E-state index in [0.717, 1.165) is 0 Å². The van der Waals surface area contributed by atoms with Crippen molar-refractivity contribution in [3.63, 3.8) is 0 Å². The number of nitrogens with one attached hydrogen (secondary N) is 2. The number of carbonyl (C=O) groups is 2. The summed E-state index contributed by atoms with van der Waals surface area (Å²) >= 11 is 3.35. The SMILES string of the molecule is CCOC(=O)c1ccc(NC(=O)C(C)CNC)c(Br)c1. The van der Waals surface area contributed by atoms with Gasteiger partial charge in [0.1, 0.15) is 0 Å². The average Bonchev–Trinajstić information content (AvgIpc) is 2.41. The Bertz CT molecular complexity index is 491. The van der Waals surface area contributed by atoms with E-state index in [1.54, 1.807) is 32.2 Å². The number of hydrogen-bond donors (Lipinski definition) is 2. The fraction of sp³-hybridized carbons (Fsp3) is 0.429. The number of carbonyl (C=O) groups excluding carboxylic acids is 2. The van der Waals surface area contributed by atoms with E-state index in [-0.39, 0.29) is 17.8 Å². The Morgan fingerprint density at radius 3 is 2.65 bits per heavy atom. The fourth-order valence-electron chi connectivity index (χ4n) is 1.61. The molecule has 0 heterocycles. The summed E-state index contributed by atoms with van der Waals surface area (Å²) in [5.74, 6) is -0.602. The lowest BCUT2D eigenvalue weighted by Crippen LogP contribution is -2.28. The summed E-state index contributed by atoms with van der Waals surface area (Å²) in [6, 6.07) is 4.94. The lowest BCUT2D eigenvalue weighted by Gasteiger charge is -2.13. The summed E-state index contributed by atoms with van der Waals surface area (Å²) in [6.45, 7) is 4.53. The van der Waals surface area contributed by atoms with Crippen LogP contribution in [0.4, 0.5) is 5.69 Å². The van der Waals surface area contributed by atoms with Crippen LogP contribution in [0.2, 0.25) is 0 Å². The number of halogens is 1. The van der Waals surface area contributed by atoms with E-state index in [9.17, 15) is 9.59 Å². The molecule has 1 atom stereocenters. The van der Waals surface area contributed by atoms with E-state index in [0.29, 0.717) is 28.9 Å². The molecule has 6 heteroatoms. The van der Waals surface area contributed by atoms with Gasteiger partial charge in [0.2, 0.25) is 5.91 Å². The molecule has 0 aliphatic heterocycles. The molecule has 1 aromatic carbocycles. The molecule has 0 saturated heterocycles. The maximum atomic E-state index is 11.9. The number of anilines is 1. The minimum atomic E-state index is -0.380. The van der Waals surface area contributed by atoms with Crippen molar-refractivity contribution in [3.8, 4) is 0 Å². The Balaban J connectivity index is 2.78. The van der Waals surface area contributed by atoms with Gasteiger partial charge in [-0.25, -0.2) is 4.79 Å². The van der Waals surface area contributed by atoms with Crippen LogP contribution in [0.3, 0.4) is 0 Å². The first-order valence-corrected chi connectivity index (χ1v) is 7.21. The lowest BCUT2D eigenvalue weighted by molar-refractivity contribution is -0.119. The number of benzene rings is 1. The second kappa shape index (κ2) is 8.01. The van der Waals surface area contributed by atoms with Crippen LogP contribution in [-0.2, 0) is 9.53 Å². The highest BCUT2D eigenvalue weighted by Crippen LogP contribution is 2.24. The maximum absolute atomic E-state index is 11.9. The van der Waals surface area contributed by atoms with Crippen molar-refractivity contribution in [2.45, 2.75) is 13.8 Å². The van der Waals surface area contributed by atoms with Crippen LogP contribution in [0.15, 0.2) is 22.7 Å². The third kappa shape index (κ3) is 4.61. The molecule has 0 bridgehead atoms. The molecule has 5 nitrogen and oxygen atoms in total. The summed E-state index contributed by atoms with van der Waals surface area (Å²) < 4.78 is 5.57. The predicted molar refractivity (Wildman–Crippen MR) is 81.8 cm³/mol. The van der Waals surface area contributed by atoms with Gasteiger partial charge in [0.25, 0.3) is 0 Å². The first-order valence-electron chi connectivity index (χ1n) is 6.41. The molecule has 0 aliphatic carbocycles.